The molecule has 108 valence electrons. The molecule has 0 saturated heterocycles. The third kappa shape index (κ3) is 5.25. The van der Waals surface area contributed by atoms with Gasteiger partial charge in [-0.25, -0.2) is 0 Å². The van der Waals surface area contributed by atoms with Crippen LogP contribution in [-0.4, -0.2) is 19.3 Å². The summed E-state index contributed by atoms with van der Waals surface area (Å²) in [5.74, 6) is 0. The minimum Gasteiger partial charge on any atom is -0.377 e. The average molecular weight is 328 g/mol. The summed E-state index contributed by atoms with van der Waals surface area (Å²) >= 11 is 3.63. The SMILES string of the molecule is CCCNC(COC(C)C)c1cc(C)c(Br)c(C)c1. The molecule has 0 saturated carbocycles. The van der Waals surface area contributed by atoms with Crippen LogP contribution in [0.5, 0.6) is 0 Å². The fourth-order valence-electron chi connectivity index (χ4n) is 2.06. The van der Waals surface area contributed by atoms with Crippen molar-refractivity contribution in [3.8, 4) is 0 Å². The van der Waals surface area contributed by atoms with Gasteiger partial charge in [0.1, 0.15) is 0 Å². The van der Waals surface area contributed by atoms with Gasteiger partial charge in [0, 0.05) is 4.47 Å². The summed E-state index contributed by atoms with van der Waals surface area (Å²) < 4.78 is 7.00. The lowest BCUT2D eigenvalue weighted by Gasteiger charge is -2.22. The highest BCUT2D eigenvalue weighted by atomic mass is 79.9. The third-order valence-corrected chi connectivity index (χ3v) is 4.35. The Morgan fingerprint density at radius 3 is 2.26 bits per heavy atom. The number of rotatable bonds is 7. The van der Waals surface area contributed by atoms with Crippen LogP contribution < -0.4 is 5.32 Å². The lowest BCUT2D eigenvalue weighted by Crippen LogP contribution is -2.27. The Morgan fingerprint density at radius 1 is 1.21 bits per heavy atom. The van der Waals surface area contributed by atoms with Crippen molar-refractivity contribution in [2.45, 2.75) is 53.2 Å². The van der Waals surface area contributed by atoms with Crippen molar-refractivity contribution >= 4 is 15.9 Å². The Bertz CT molecular complexity index is 381. The molecule has 0 aliphatic heterocycles. The minimum absolute atomic E-state index is 0.267. The van der Waals surface area contributed by atoms with Crippen molar-refractivity contribution < 1.29 is 4.74 Å². The normalized spacial score (nSPS) is 13.0. The van der Waals surface area contributed by atoms with Crippen LogP contribution in [0, 0.1) is 13.8 Å². The molecule has 1 rings (SSSR count). The molecule has 0 aromatic heterocycles. The Morgan fingerprint density at radius 2 is 1.79 bits per heavy atom. The van der Waals surface area contributed by atoms with Crippen molar-refractivity contribution in [3.63, 3.8) is 0 Å². The van der Waals surface area contributed by atoms with Gasteiger partial charge in [-0.3, -0.25) is 0 Å². The van der Waals surface area contributed by atoms with E-state index in [1.165, 1.54) is 21.2 Å². The van der Waals surface area contributed by atoms with Gasteiger partial charge >= 0.3 is 0 Å². The summed E-state index contributed by atoms with van der Waals surface area (Å²) in [5, 5.41) is 3.57. The summed E-state index contributed by atoms with van der Waals surface area (Å²) in [6.45, 7) is 12.4. The predicted octanol–water partition coefficient (Wildman–Crippen LogP) is 4.53. The molecule has 1 unspecified atom stereocenters. The maximum Gasteiger partial charge on any atom is 0.0664 e. The molecule has 0 radical (unpaired) electrons. The van der Waals surface area contributed by atoms with Gasteiger partial charge in [0.25, 0.3) is 0 Å². The van der Waals surface area contributed by atoms with Gasteiger partial charge in [-0.2, -0.15) is 0 Å². The largest absolute Gasteiger partial charge is 0.377 e. The van der Waals surface area contributed by atoms with Crippen molar-refractivity contribution in [3.05, 3.63) is 33.3 Å². The molecule has 1 atom stereocenters. The van der Waals surface area contributed by atoms with Crippen LogP contribution >= 0.6 is 15.9 Å². The first-order chi connectivity index (χ1) is 8.95. The van der Waals surface area contributed by atoms with Crippen LogP contribution in [0.3, 0.4) is 0 Å². The molecule has 0 spiro atoms. The fourth-order valence-corrected chi connectivity index (χ4v) is 2.29. The number of hydrogen-bond acceptors (Lipinski definition) is 2. The first-order valence-electron chi connectivity index (χ1n) is 7.07. The van der Waals surface area contributed by atoms with Gasteiger partial charge in [0.15, 0.2) is 0 Å². The summed E-state index contributed by atoms with van der Waals surface area (Å²) in [4.78, 5) is 0. The van der Waals surface area contributed by atoms with E-state index in [-0.39, 0.29) is 12.1 Å². The smallest absolute Gasteiger partial charge is 0.0664 e. The first-order valence-corrected chi connectivity index (χ1v) is 7.86. The zero-order valence-corrected chi connectivity index (χ0v) is 14.3. The predicted molar refractivity (Wildman–Crippen MR) is 85.7 cm³/mol. The molecular formula is C16H26BrNO. The molecule has 2 nitrogen and oxygen atoms in total. The van der Waals surface area contributed by atoms with Gasteiger partial charge in [-0.05, 0) is 57.4 Å². The summed E-state index contributed by atoms with van der Waals surface area (Å²) in [7, 11) is 0. The highest BCUT2D eigenvalue weighted by Gasteiger charge is 2.14. The van der Waals surface area contributed by atoms with Crippen LogP contribution in [0.4, 0.5) is 0 Å². The van der Waals surface area contributed by atoms with Gasteiger partial charge in [-0.15, -0.1) is 0 Å². The molecule has 1 N–H and O–H groups in total. The van der Waals surface area contributed by atoms with Gasteiger partial charge in [-0.1, -0.05) is 35.0 Å². The van der Waals surface area contributed by atoms with E-state index in [9.17, 15) is 0 Å². The maximum atomic E-state index is 5.79. The van der Waals surface area contributed by atoms with Crippen LogP contribution in [-0.2, 0) is 4.74 Å². The van der Waals surface area contributed by atoms with E-state index in [2.05, 4.69) is 68.0 Å². The maximum absolute atomic E-state index is 5.79. The van der Waals surface area contributed by atoms with Crippen LogP contribution in [0.15, 0.2) is 16.6 Å². The van der Waals surface area contributed by atoms with Crippen molar-refractivity contribution in [1.29, 1.82) is 0 Å². The van der Waals surface area contributed by atoms with E-state index in [1.807, 2.05) is 0 Å². The molecule has 1 aromatic rings. The topological polar surface area (TPSA) is 21.3 Å². The van der Waals surface area contributed by atoms with E-state index in [4.69, 9.17) is 4.74 Å². The minimum atomic E-state index is 0.267. The molecule has 3 heteroatoms. The first kappa shape index (κ1) is 16.7. The van der Waals surface area contributed by atoms with Crippen LogP contribution in [0.1, 0.15) is 49.9 Å². The van der Waals surface area contributed by atoms with Gasteiger partial charge in [0.05, 0.1) is 18.8 Å². The number of nitrogens with one attached hydrogen (secondary N) is 1. The summed E-state index contributed by atoms with van der Waals surface area (Å²) in [6, 6.07) is 4.76. The van der Waals surface area contributed by atoms with Crippen molar-refractivity contribution in [2.75, 3.05) is 13.2 Å². The molecule has 0 amide bonds. The van der Waals surface area contributed by atoms with E-state index < -0.39 is 0 Å². The third-order valence-electron chi connectivity index (χ3n) is 3.10. The lowest BCUT2D eigenvalue weighted by molar-refractivity contribution is 0.0611. The molecule has 0 bridgehead atoms. The van der Waals surface area contributed by atoms with E-state index in [0.29, 0.717) is 0 Å². The monoisotopic (exact) mass is 327 g/mol. The quantitative estimate of drug-likeness (QED) is 0.794. The number of halogens is 1. The van der Waals surface area contributed by atoms with Crippen LogP contribution in [0.25, 0.3) is 0 Å². The Kier molecular flexibility index (Phi) is 7.05. The second-order valence-corrected chi connectivity index (χ2v) is 6.15. The van der Waals surface area contributed by atoms with Crippen molar-refractivity contribution in [2.24, 2.45) is 0 Å². The molecule has 0 heterocycles. The molecule has 0 aliphatic carbocycles. The fraction of sp³-hybridized carbons (Fsp3) is 0.625. The molecule has 0 aliphatic rings. The zero-order chi connectivity index (χ0) is 14.4. The summed E-state index contributed by atoms with van der Waals surface area (Å²) in [5.41, 5.74) is 3.87. The number of ether oxygens (including phenoxy) is 1. The molecule has 19 heavy (non-hydrogen) atoms. The lowest BCUT2D eigenvalue weighted by atomic mass is 10.0. The Hall–Kier alpha value is -0.380. The molecular weight excluding hydrogens is 302 g/mol. The molecule has 0 fully saturated rings. The highest BCUT2D eigenvalue weighted by Crippen LogP contribution is 2.26. The second-order valence-electron chi connectivity index (χ2n) is 5.36. The number of hydrogen-bond donors (Lipinski definition) is 1. The summed E-state index contributed by atoms with van der Waals surface area (Å²) in [6.07, 6.45) is 1.40. The Labute approximate surface area is 126 Å². The van der Waals surface area contributed by atoms with Crippen molar-refractivity contribution in [1.82, 2.24) is 5.32 Å². The highest BCUT2D eigenvalue weighted by molar-refractivity contribution is 9.10. The Balaban J connectivity index is 2.89. The number of benzene rings is 1. The zero-order valence-electron chi connectivity index (χ0n) is 12.7. The number of aryl methyl sites for hydroxylation is 2. The van der Waals surface area contributed by atoms with Gasteiger partial charge in [0.2, 0.25) is 0 Å². The van der Waals surface area contributed by atoms with E-state index in [0.717, 1.165) is 19.6 Å². The average Bonchev–Trinajstić information content (AvgIpc) is 2.35. The van der Waals surface area contributed by atoms with Gasteiger partial charge < -0.3 is 10.1 Å². The van der Waals surface area contributed by atoms with E-state index >= 15 is 0 Å². The standard InChI is InChI=1S/C16H26BrNO/c1-6-7-18-15(10-19-11(2)3)14-8-12(4)16(17)13(5)9-14/h8-9,11,15,18H,6-7,10H2,1-5H3. The van der Waals surface area contributed by atoms with E-state index in [1.54, 1.807) is 0 Å². The molecule has 1 aromatic carbocycles. The second kappa shape index (κ2) is 8.03. The van der Waals surface area contributed by atoms with Crippen LogP contribution in [0.2, 0.25) is 0 Å².